The first kappa shape index (κ1) is 21.7. The van der Waals surface area contributed by atoms with Gasteiger partial charge < -0.3 is 5.32 Å². The number of thioether (sulfide) groups is 1. The molecule has 0 atom stereocenters. The Morgan fingerprint density at radius 2 is 2.03 bits per heavy atom. The fraction of sp³-hybridized carbons (Fsp3) is 0.278. The molecule has 154 valence electrons. The van der Waals surface area contributed by atoms with Crippen LogP contribution in [0.2, 0.25) is 5.02 Å². The van der Waals surface area contributed by atoms with Gasteiger partial charge in [0.05, 0.1) is 27.4 Å². The number of amides is 1. The van der Waals surface area contributed by atoms with Crippen molar-refractivity contribution in [2.24, 2.45) is 7.05 Å². The number of rotatable bonds is 4. The van der Waals surface area contributed by atoms with Gasteiger partial charge in [-0.25, -0.2) is 4.98 Å². The smallest absolute Gasteiger partial charge is 0.324 e. The van der Waals surface area contributed by atoms with Gasteiger partial charge in [-0.3, -0.25) is 14.2 Å². The van der Waals surface area contributed by atoms with Crippen LogP contribution in [0.3, 0.4) is 0 Å². The number of para-hydroxylation sites is 1. The number of nitrogens with zero attached hydrogens (tertiary/aromatic N) is 2. The summed E-state index contributed by atoms with van der Waals surface area (Å²) in [6.07, 6.45) is -4.66. The summed E-state index contributed by atoms with van der Waals surface area (Å²) in [7, 11) is 1.54. The topological polar surface area (TPSA) is 64.0 Å². The zero-order valence-electron chi connectivity index (χ0n) is 15.5. The van der Waals surface area contributed by atoms with Crippen molar-refractivity contribution < 1.29 is 18.0 Å². The Bertz CT molecular complexity index is 1170. The maximum Gasteiger partial charge on any atom is 0.418 e. The van der Waals surface area contributed by atoms with Crippen LogP contribution in [0.1, 0.15) is 16.0 Å². The van der Waals surface area contributed by atoms with E-state index < -0.39 is 23.3 Å². The second-order valence-corrected chi connectivity index (χ2v) is 8.77. The molecule has 0 radical (unpaired) electrons. The van der Waals surface area contributed by atoms with Crippen molar-refractivity contribution in [1.82, 2.24) is 9.55 Å². The molecule has 0 saturated heterocycles. The van der Waals surface area contributed by atoms with Crippen LogP contribution in [0.25, 0.3) is 10.2 Å². The Balaban J connectivity index is 1.83. The van der Waals surface area contributed by atoms with Crippen LogP contribution in [0.4, 0.5) is 18.9 Å². The monoisotopic (exact) mass is 461 g/mol. The Morgan fingerprint density at radius 1 is 1.34 bits per heavy atom. The summed E-state index contributed by atoms with van der Waals surface area (Å²) in [5.74, 6) is -0.932. The number of fused-ring (bicyclic) bond motifs is 1. The van der Waals surface area contributed by atoms with Crippen molar-refractivity contribution in [2.75, 3.05) is 11.1 Å². The van der Waals surface area contributed by atoms with Gasteiger partial charge in [0.15, 0.2) is 5.16 Å². The fourth-order valence-corrected chi connectivity index (χ4v) is 4.74. The van der Waals surface area contributed by atoms with Crippen molar-refractivity contribution in [1.29, 1.82) is 0 Å². The number of alkyl halides is 3. The number of anilines is 1. The largest absolute Gasteiger partial charge is 0.418 e. The van der Waals surface area contributed by atoms with E-state index >= 15 is 0 Å². The Labute approximate surface area is 176 Å². The van der Waals surface area contributed by atoms with E-state index in [1.54, 1.807) is 0 Å². The van der Waals surface area contributed by atoms with Crippen LogP contribution in [-0.2, 0) is 18.0 Å². The van der Waals surface area contributed by atoms with Gasteiger partial charge in [-0.2, -0.15) is 13.2 Å². The highest BCUT2D eigenvalue weighted by molar-refractivity contribution is 7.99. The van der Waals surface area contributed by atoms with E-state index in [1.807, 2.05) is 13.8 Å². The quantitative estimate of drug-likeness (QED) is 0.438. The molecule has 1 N–H and O–H groups in total. The highest BCUT2D eigenvalue weighted by atomic mass is 35.5. The number of hydrogen-bond donors (Lipinski definition) is 1. The lowest BCUT2D eigenvalue weighted by Crippen LogP contribution is -2.22. The zero-order chi connectivity index (χ0) is 21.5. The maximum absolute atomic E-state index is 13.1. The van der Waals surface area contributed by atoms with Crippen molar-refractivity contribution >= 4 is 56.5 Å². The average molecular weight is 462 g/mol. The first-order chi connectivity index (χ1) is 13.5. The van der Waals surface area contributed by atoms with Gasteiger partial charge in [0.1, 0.15) is 4.83 Å². The number of carbonyl (C=O) groups is 1. The number of thiophene rings is 1. The second-order valence-electron chi connectivity index (χ2n) is 6.22. The van der Waals surface area contributed by atoms with Gasteiger partial charge in [0.2, 0.25) is 5.91 Å². The molecule has 0 unspecified atom stereocenters. The summed E-state index contributed by atoms with van der Waals surface area (Å²) < 4.78 is 40.8. The van der Waals surface area contributed by atoms with E-state index in [9.17, 15) is 22.8 Å². The van der Waals surface area contributed by atoms with Crippen LogP contribution in [0.5, 0.6) is 0 Å². The summed E-state index contributed by atoms with van der Waals surface area (Å²) in [6.45, 7) is 3.74. The van der Waals surface area contributed by atoms with E-state index in [2.05, 4.69) is 10.3 Å². The van der Waals surface area contributed by atoms with Crippen LogP contribution >= 0.6 is 34.7 Å². The molecule has 29 heavy (non-hydrogen) atoms. The minimum atomic E-state index is -4.66. The van der Waals surface area contributed by atoms with E-state index in [0.29, 0.717) is 15.4 Å². The van der Waals surface area contributed by atoms with E-state index in [-0.39, 0.29) is 16.3 Å². The summed E-state index contributed by atoms with van der Waals surface area (Å²) in [4.78, 5) is 30.8. The Hall–Kier alpha value is -2.04. The molecule has 1 aromatic carbocycles. The average Bonchev–Trinajstić information content (AvgIpc) is 2.91. The number of nitrogens with one attached hydrogen (secondary N) is 1. The summed E-state index contributed by atoms with van der Waals surface area (Å²) >= 11 is 8.19. The number of carbonyl (C=O) groups excluding carboxylic acids is 1. The molecule has 0 bridgehead atoms. The summed E-state index contributed by atoms with van der Waals surface area (Å²) in [5.41, 5.74) is -0.884. The van der Waals surface area contributed by atoms with E-state index in [4.69, 9.17) is 11.6 Å². The molecule has 0 fully saturated rings. The highest BCUT2D eigenvalue weighted by Crippen LogP contribution is 2.38. The second kappa shape index (κ2) is 8.00. The minimum absolute atomic E-state index is 0.213. The normalized spacial score (nSPS) is 11.8. The first-order valence-electron chi connectivity index (χ1n) is 8.25. The predicted octanol–water partition coefficient (Wildman–Crippen LogP) is 5.01. The molecule has 2 aromatic heterocycles. The molecule has 0 spiro atoms. The molecule has 0 aliphatic heterocycles. The van der Waals surface area contributed by atoms with Gasteiger partial charge >= 0.3 is 6.18 Å². The molecule has 3 rings (SSSR count). The Kier molecular flexibility index (Phi) is 5.98. The summed E-state index contributed by atoms with van der Waals surface area (Å²) in [5, 5.41) is 2.84. The lowest BCUT2D eigenvalue weighted by Gasteiger charge is -2.15. The van der Waals surface area contributed by atoms with Crippen LogP contribution in [0, 0.1) is 13.8 Å². The molecule has 11 heteroatoms. The predicted molar refractivity (Wildman–Crippen MR) is 110 cm³/mol. The van der Waals surface area contributed by atoms with Crippen LogP contribution in [0.15, 0.2) is 28.2 Å². The lowest BCUT2D eigenvalue weighted by molar-refractivity contribution is -0.137. The third kappa shape index (κ3) is 4.29. The number of hydrogen-bond acceptors (Lipinski definition) is 5. The number of aromatic nitrogens is 2. The Morgan fingerprint density at radius 3 is 2.69 bits per heavy atom. The maximum atomic E-state index is 13.1. The third-order valence-electron chi connectivity index (χ3n) is 4.29. The van der Waals surface area contributed by atoms with Crippen LogP contribution in [-0.4, -0.2) is 21.2 Å². The standard InChI is InChI=1S/C18H15ClF3N3O2S2/c1-8-9(2)29-15-13(8)16(27)25(3)17(24-15)28-7-12(26)23-14-10(18(20,21)22)5-4-6-11(14)19/h4-6H,7H2,1-3H3,(H,23,26). The number of halogens is 4. The SMILES string of the molecule is Cc1sc2nc(SCC(=O)Nc3c(Cl)cccc3C(F)(F)F)n(C)c(=O)c2c1C. The highest BCUT2D eigenvalue weighted by Gasteiger charge is 2.34. The molecule has 0 aliphatic carbocycles. The lowest BCUT2D eigenvalue weighted by atomic mass is 10.1. The number of benzene rings is 1. The first-order valence-corrected chi connectivity index (χ1v) is 10.4. The van der Waals surface area contributed by atoms with E-state index in [1.165, 1.54) is 29.0 Å². The zero-order valence-corrected chi connectivity index (χ0v) is 17.9. The third-order valence-corrected chi connectivity index (χ3v) is 6.73. The molecule has 5 nitrogen and oxygen atoms in total. The number of aryl methyl sites for hydroxylation is 2. The van der Waals surface area contributed by atoms with Crippen molar-refractivity contribution in [2.45, 2.75) is 25.2 Å². The van der Waals surface area contributed by atoms with Crippen molar-refractivity contribution in [3.05, 3.63) is 49.6 Å². The van der Waals surface area contributed by atoms with Gasteiger partial charge in [-0.15, -0.1) is 11.3 Å². The van der Waals surface area contributed by atoms with Gasteiger partial charge in [0, 0.05) is 11.9 Å². The molecule has 2 heterocycles. The minimum Gasteiger partial charge on any atom is -0.324 e. The van der Waals surface area contributed by atoms with Gasteiger partial charge in [-0.05, 0) is 31.5 Å². The van der Waals surface area contributed by atoms with Crippen molar-refractivity contribution in [3.8, 4) is 0 Å². The molecule has 3 aromatic rings. The van der Waals surface area contributed by atoms with Gasteiger partial charge in [0.25, 0.3) is 5.56 Å². The molecule has 0 saturated carbocycles. The molecular formula is C18H15ClF3N3O2S2. The summed E-state index contributed by atoms with van der Waals surface area (Å²) in [6, 6.07) is 3.27. The van der Waals surface area contributed by atoms with E-state index in [0.717, 1.165) is 34.3 Å². The van der Waals surface area contributed by atoms with Gasteiger partial charge in [-0.1, -0.05) is 29.4 Å². The molecular weight excluding hydrogens is 447 g/mol. The molecule has 1 amide bonds. The van der Waals surface area contributed by atoms with Crippen LogP contribution < -0.4 is 10.9 Å². The molecule has 0 aliphatic rings. The fourth-order valence-electron chi connectivity index (χ4n) is 2.68. The van der Waals surface area contributed by atoms with Crippen molar-refractivity contribution in [3.63, 3.8) is 0 Å².